The predicted octanol–water partition coefficient (Wildman–Crippen LogP) is 1.73. The van der Waals surface area contributed by atoms with Gasteiger partial charge in [0, 0.05) is 30.2 Å². The average Bonchev–Trinajstić information content (AvgIpc) is 2.86. The highest BCUT2D eigenvalue weighted by atomic mass is 16.5. The van der Waals surface area contributed by atoms with E-state index in [0.29, 0.717) is 12.1 Å². The van der Waals surface area contributed by atoms with Crippen LogP contribution in [0.2, 0.25) is 0 Å². The largest absolute Gasteiger partial charge is 0.497 e. The number of benzene rings is 1. The Balaban J connectivity index is 2.04. The second kappa shape index (κ2) is 6.43. The number of hydrogen-bond donors (Lipinski definition) is 2. The van der Waals surface area contributed by atoms with E-state index in [1.807, 2.05) is 19.1 Å². The van der Waals surface area contributed by atoms with E-state index in [1.165, 1.54) is 0 Å². The molecule has 0 radical (unpaired) electrons. The van der Waals surface area contributed by atoms with Gasteiger partial charge in [0.05, 0.1) is 19.8 Å². The number of amides is 1. The molecule has 0 saturated heterocycles. The van der Waals surface area contributed by atoms with Crippen molar-refractivity contribution in [3.05, 3.63) is 30.0 Å². The van der Waals surface area contributed by atoms with Gasteiger partial charge >= 0.3 is 0 Å². The van der Waals surface area contributed by atoms with Gasteiger partial charge < -0.3 is 19.6 Å². The molecule has 0 spiro atoms. The zero-order valence-electron chi connectivity index (χ0n) is 11.7. The quantitative estimate of drug-likeness (QED) is 0.843. The predicted molar refractivity (Wildman–Crippen MR) is 75.7 cm³/mol. The number of rotatable bonds is 6. The van der Waals surface area contributed by atoms with Gasteiger partial charge in [-0.1, -0.05) is 6.92 Å². The Labute approximate surface area is 117 Å². The summed E-state index contributed by atoms with van der Waals surface area (Å²) in [4.78, 5) is 11.8. The molecule has 2 N–H and O–H groups in total. The zero-order chi connectivity index (χ0) is 14.5. The van der Waals surface area contributed by atoms with Crippen molar-refractivity contribution in [2.45, 2.75) is 13.3 Å². The van der Waals surface area contributed by atoms with Crippen LogP contribution in [-0.4, -0.2) is 31.3 Å². The summed E-state index contributed by atoms with van der Waals surface area (Å²) >= 11 is 0. The van der Waals surface area contributed by atoms with Gasteiger partial charge in [-0.05, 0) is 18.1 Å². The van der Waals surface area contributed by atoms with E-state index < -0.39 is 0 Å². The lowest BCUT2D eigenvalue weighted by Gasteiger charge is -2.09. The van der Waals surface area contributed by atoms with Crippen LogP contribution in [-0.2, 0) is 11.2 Å². The summed E-state index contributed by atoms with van der Waals surface area (Å²) < 4.78 is 10.6. The molecular weight excluding hydrogens is 258 g/mol. The Morgan fingerprint density at radius 2 is 2.30 bits per heavy atom. The molecule has 1 heterocycles. The van der Waals surface area contributed by atoms with Gasteiger partial charge in [-0.2, -0.15) is 0 Å². The van der Waals surface area contributed by atoms with Crippen molar-refractivity contribution in [1.29, 1.82) is 0 Å². The Hall–Kier alpha value is -2.01. The normalized spacial score (nSPS) is 12.3. The van der Waals surface area contributed by atoms with Gasteiger partial charge in [0.1, 0.15) is 11.3 Å². The molecule has 1 aromatic carbocycles. The number of furan rings is 1. The molecule has 1 atom stereocenters. The Morgan fingerprint density at radius 1 is 1.50 bits per heavy atom. The maximum Gasteiger partial charge on any atom is 0.224 e. The van der Waals surface area contributed by atoms with Crippen LogP contribution in [0.25, 0.3) is 11.0 Å². The molecule has 2 aromatic rings. The summed E-state index contributed by atoms with van der Waals surface area (Å²) in [5, 5.41) is 12.6. The standard InChI is InChI=1S/C15H19NO4/c1-10(8-17)7-16-15(18)5-11-9-20-14-6-12(19-2)3-4-13(11)14/h3-4,6,9-10,17H,5,7-8H2,1-2H3,(H,16,18). The van der Waals surface area contributed by atoms with Crippen LogP contribution in [0.1, 0.15) is 12.5 Å². The maximum absolute atomic E-state index is 11.8. The van der Waals surface area contributed by atoms with Crippen molar-refractivity contribution >= 4 is 16.9 Å². The molecule has 2 rings (SSSR count). The van der Waals surface area contributed by atoms with E-state index >= 15 is 0 Å². The molecule has 1 unspecified atom stereocenters. The van der Waals surface area contributed by atoms with Crippen LogP contribution in [0, 0.1) is 5.92 Å². The second-order valence-electron chi connectivity index (χ2n) is 4.89. The minimum atomic E-state index is -0.0798. The first-order chi connectivity index (χ1) is 9.63. The van der Waals surface area contributed by atoms with Crippen molar-refractivity contribution in [2.75, 3.05) is 20.3 Å². The van der Waals surface area contributed by atoms with Gasteiger partial charge in [0.15, 0.2) is 0 Å². The number of aliphatic hydroxyl groups excluding tert-OH is 1. The van der Waals surface area contributed by atoms with Gasteiger partial charge in [0.25, 0.3) is 0 Å². The Bertz CT molecular complexity index is 591. The highest BCUT2D eigenvalue weighted by molar-refractivity contribution is 5.88. The molecule has 5 heteroatoms. The fraction of sp³-hybridized carbons (Fsp3) is 0.400. The molecule has 0 aliphatic carbocycles. The molecule has 0 fully saturated rings. The van der Waals surface area contributed by atoms with Crippen LogP contribution in [0.5, 0.6) is 5.75 Å². The molecule has 0 aliphatic rings. The summed E-state index contributed by atoms with van der Waals surface area (Å²) in [6.07, 6.45) is 1.86. The minimum Gasteiger partial charge on any atom is -0.497 e. The van der Waals surface area contributed by atoms with Crippen molar-refractivity contribution in [3.8, 4) is 5.75 Å². The first-order valence-corrected chi connectivity index (χ1v) is 6.55. The summed E-state index contributed by atoms with van der Waals surface area (Å²) in [6.45, 7) is 2.41. The van der Waals surface area contributed by atoms with Crippen molar-refractivity contribution in [1.82, 2.24) is 5.32 Å². The lowest BCUT2D eigenvalue weighted by atomic mass is 10.1. The first kappa shape index (κ1) is 14.4. The van der Waals surface area contributed by atoms with Crippen molar-refractivity contribution in [3.63, 3.8) is 0 Å². The Kier molecular flexibility index (Phi) is 4.63. The van der Waals surface area contributed by atoms with Crippen LogP contribution in [0.15, 0.2) is 28.9 Å². The summed E-state index contributed by atoms with van der Waals surface area (Å²) in [6, 6.07) is 5.52. The minimum absolute atomic E-state index is 0.0595. The molecular formula is C15H19NO4. The molecule has 0 saturated carbocycles. The monoisotopic (exact) mass is 277 g/mol. The van der Waals surface area contributed by atoms with Gasteiger partial charge in [-0.3, -0.25) is 4.79 Å². The molecule has 0 aliphatic heterocycles. The zero-order valence-corrected chi connectivity index (χ0v) is 11.7. The number of nitrogens with one attached hydrogen (secondary N) is 1. The Morgan fingerprint density at radius 3 is 3.00 bits per heavy atom. The van der Waals surface area contributed by atoms with Crippen LogP contribution >= 0.6 is 0 Å². The molecule has 1 aromatic heterocycles. The molecule has 1 amide bonds. The number of carbonyl (C=O) groups excluding carboxylic acids is 1. The smallest absolute Gasteiger partial charge is 0.224 e. The molecule has 0 bridgehead atoms. The molecule has 5 nitrogen and oxygen atoms in total. The lowest BCUT2D eigenvalue weighted by molar-refractivity contribution is -0.120. The SMILES string of the molecule is COc1ccc2c(CC(=O)NCC(C)CO)coc2c1. The highest BCUT2D eigenvalue weighted by Gasteiger charge is 2.11. The van der Waals surface area contributed by atoms with E-state index in [1.54, 1.807) is 19.4 Å². The third-order valence-corrected chi connectivity index (χ3v) is 3.17. The van der Waals surface area contributed by atoms with Gasteiger partial charge in [0.2, 0.25) is 5.91 Å². The van der Waals surface area contributed by atoms with E-state index in [0.717, 1.165) is 16.7 Å². The van der Waals surface area contributed by atoms with E-state index in [4.69, 9.17) is 14.3 Å². The third kappa shape index (κ3) is 3.30. The number of methoxy groups -OCH3 is 1. The summed E-state index contributed by atoms with van der Waals surface area (Å²) in [5.41, 5.74) is 1.55. The number of hydrogen-bond acceptors (Lipinski definition) is 4. The summed E-state index contributed by atoms with van der Waals surface area (Å²) in [5.74, 6) is 0.702. The fourth-order valence-corrected chi connectivity index (χ4v) is 1.92. The number of fused-ring (bicyclic) bond motifs is 1. The van der Waals surface area contributed by atoms with Crippen molar-refractivity contribution in [2.24, 2.45) is 5.92 Å². The van der Waals surface area contributed by atoms with Crippen LogP contribution < -0.4 is 10.1 Å². The topological polar surface area (TPSA) is 71.7 Å². The fourth-order valence-electron chi connectivity index (χ4n) is 1.92. The first-order valence-electron chi connectivity index (χ1n) is 6.55. The average molecular weight is 277 g/mol. The number of ether oxygens (including phenoxy) is 1. The highest BCUT2D eigenvalue weighted by Crippen LogP contribution is 2.25. The van der Waals surface area contributed by atoms with E-state index in [9.17, 15) is 4.79 Å². The van der Waals surface area contributed by atoms with E-state index in [2.05, 4.69) is 5.32 Å². The number of aliphatic hydroxyl groups is 1. The maximum atomic E-state index is 11.8. The number of carbonyl (C=O) groups is 1. The van der Waals surface area contributed by atoms with E-state index in [-0.39, 0.29) is 24.9 Å². The van der Waals surface area contributed by atoms with Crippen molar-refractivity contribution < 1.29 is 19.1 Å². The van der Waals surface area contributed by atoms with Crippen LogP contribution in [0.3, 0.4) is 0 Å². The van der Waals surface area contributed by atoms with Gasteiger partial charge in [-0.25, -0.2) is 0 Å². The van der Waals surface area contributed by atoms with Crippen LogP contribution in [0.4, 0.5) is 0 Å². The summed E-state index contributed by atoms with van der Waals surface area (Å²) in [7, 11) is 1.60. The third-order valence-electron chi connectivity index (χ3n) is 3.17. The van der Waals surface area contributed by atoms with Gasteiger partial charge in [-0.15, -0.1) is 0 Å². The molecule has 20 heavy (non-hydrogen) atoms. The molecule has 108 valence electrons. The lowest BCUT2D eigenvalue weighted by Crippen LogP contribution is -2.30. The second-order valence-corrected chi connectivity index (χ2v) is 4.89.